The lowest BCUT2D eigenvalue weighted by Gasteiger charge is -2.09. The highest BCUT2D eigenvalue weighted by atomic mass is 16.5. The molecule has 1 aromatic heterocycles. The highest BCUT2D eigenvalue weighted by molar-refractivity contribution is 5.81. The third kappa shape index (κ3) is 2.25. The normalized spacial score (nSPS) is 11.8. The van der Waals surface area contributed by atoms with Crippen LogP contribution < -0.4 is 5.32 Å². The first-order chi connectivity index (χ1) is 8.63. The second-order valence-corrected chi connectivity index (χ2v) is 3.82. The standard InChI is InChI=1S/C12H12N4O2/c1-7(11(17)18-2)14-12-15-9-4-3-8(6-13)5-10(9)16-12/h3-5,7H,1-2H3,(H2,14,15,16). The summed E-state index contributed by atoms with van der Waals surface area (Å²) in [5.74, 6) is 0.103. The molecule has 1 atom stereocenters. The average Bonchev–Trinajstić information content (AvgIpc) is 2.78. The van der Waals surface area contributed by atoms with Crippen molar-refractivity contribution < 1.29 is 9.53 Å². The zero-order chi connectivity index (χ0) is 13.1. The third-order valence-electron chi connectivity index (χ3n) is 2.52. The van der Waals surface area contributed by atoms with Crippen molar-refractivity contribution in [2.45, 2.75) is 13.0 Å². The van der Waals surface area contributed by atoms with E-state index in [2.05, 4.69) is 26.1 Å². The van der Waals surface area contributed by atoms with Crippen LogP contribution in [0.1, 0.15) is 12.5 Å². The summed E-state index contributed by atoms with van der Waals surface area (Å²) in [6, 6.07) is 6.70. The number of aromatic amines is 1. The summed E-state index contributed by atoms with van der Waals surface area (Å²) >= 11 is 0. The molecular formula is C12H12N4O2. The molecule has 0 saturated carbocycles. The van der Waals surface area contributed by atoms with E-state index < -0.39 is 6.04 Å². The summed E-state index contributed by atoms with van der Waals surface area (Å²) in [6.07, 6.45) is 0. The Hall–Kier alpha value is -2.55. The van der Waals surface area contributed by atoms with Gasteiger partial charge in [-0.15, -0.1) is 0 Å². The summed E-state index contributed by atoms with van der Waals surface area (Å²) in [7, 11) is 1.33. The Labute approximate surface area is 104 Å². The van der Waals surface area contributed by atoms with Crippen LogP contribution >= 0.6 is 0 Å². The van der Waals surface area contributed by atoms with Crippen LogP contribution in [0.5, 0.6) is 0 Å². The van der Waals surface area contributed by atoms with E-state index in [0.717, 1.165) is 11.0 Å². The highest BCUT2D eigenvalue weighted by Gasteiger charge is 2.14. The minimum Gasteiger partial charge on any atom is -0.467 e. The molecule has 0 aliphatic heterocycles. The lowest BCUT2D eigenvalue weighted by atomic mass is 10.2. The molecule has 6 nitrogen and oxygen atoms in total. The molecule has 1 heterocycles. The van der Waals surface area contributed by atoms with Gasteiger partial charge in [0.2, 0.25) is 5.95 Å². The molecule has 0 fully saturated rings. The van der Waals surface area contributed by atoms with Gasteiger partial charge < -0.3 is 15.0 Å². The predicted octanol–water partition coefficient (Wildman–Crippen LogP) is 1.41. The largest absolute Gasteiger partial charge is 0.467 e. The summed E-state index contributed by atoms with van der Waals surface area (Å²) in [4.78, 5) is 18.5. The Kier molecular flexibility index (Phi) is 3.15. The number of nitrogens with zero attached hydrogens (tertiary/aromatic N) is 2. The fourth-order valence-corrected chi connectivity index (χ4v) is 1.59. The summed E-state index contributed by atoms with van der Waals surface area (Å²) in [5.41, 5.74) is 2.03. The number of H-pyrrole nitrogens is 1. The number of rotatable bonds is 3. The number of hydrogen-bond acceptors (Lipinski definition) is 5. The molecule has 0 radical (unpaired) electrons. The molecule has 92 valence electrons. The van der Waals surface area contributed by atoms with E-state index in [4.69, 9.17) is 5.26 Å². The number of esters is 1. The molecule has 0 aliphatic carbocycles. The molecule has 0 bridgehead atoms. The Morgan fingerprint density at radius 1 is 1.61 bits per heavy atom. The predicted molar refractivity (Wildman–Crippen MR) is 65.9 cm³/mol. The maximum atomic E-state index is 11.3. The zero-order valence-electron chi connectivity index (χ0n) is 10.0. The quantitative estimate of drug-likeness (QED) is 0.796. The number of aromatic nitrogens is 2. The van der Waals surface area contributed by atoms with Gasteiger partial charge in [-0.05, 0) is 25.1 Å². The Balaban J connectivity index is 2.25. The van der Waals surface area contributed by atoms with E-state index >= 15 is 0 Å². The number of anilines is 1. The van der Waals surface area contributed by atoms with Gasteiger partial charge in [0, 0.05) is 0 Å². The van der Waals surface area contributed by atoms with Crippen LogP contribution in [0.25, 0.3) is 11.0 Å². The van der Waals surface area contributed by atoms with Gasteiger partial charge in [-0.2, -0.15) is 5.26 Å². The van der Waals surface area contributed by atoms with Crippen LogP contribution in [-0.2, 0) is 9.53 Å². The molecular weight excluding hydrogens is 232 g/mol. The SMILES string of the molecule is COC(=O)C(C)Nc1nc2ccc(C#N)cc2[nH]1. The van der Waals surface area contributed by atoms with Gasteiger partial charge in [0.05, 0.1) is 29.8 Å². The summed E-state index contributed by atoms with van der Waals surface area (Å²) < 4.78 is 4.61. The second kappa shape index (κ2) is 4.75. The number of carbonyl (C=O) groups excluding carboxylic acids is 1. The summed E-state index contributed by atoms with van der Waals surface area (Å²) in [6.45, 7) is 1.68. The van der Waals surface area contributed by atoms with Crippen molar-refractivity contribution in [3.8, 4) is 6.07 Å². The van der Waals surface area contributed by atoms with Gasteiger partial charge in [-0.3, -0.25) is 0 Å². The molecule has 18 heavy (non-hydrogen) atoms. The van der Waals surface area contributed by atoms with Crippen molar-refractivity contribution in [3.05, 3.63) is 23.8 Å². The molecule has 0 saturated heterocycles. The topological polar surface area (TPSA) is 90.8 Å². The van der Waals surface area contributed by atoms with Crippen LogP contribution in [0.2, 0.25) is 0 Å². The van der Waals surface area contributed by atoms with E-state index in [-0.39, 0.29) is 5.97 Å². The van der Waals surface area contributed by atoms with Crippen molar-refractivity contribution in [1.29, 1.82) is 5.26 Å². The molecule has 0 amide bonds. The van der Waals surface area contributed by atoms with E-state index in [1.165, 1.54) is 7.11 Å². The van der Waals surface area contributed by atoms with Gasteiger partial charge in [0.25, 0.3) is 0 Å². The molecule has 1 aromatic carbocycles. The van der Waals surface area contributed by atoms with Crippen LogP contribution in [0.3, 0.4) is 0 Å². The first kappa shape index (κ1) is 11.9. The lowest BCUT2D eigenvalue weighted by molar-refractivity contribution is -0.141. The number of imidazole rings is 1. The first-order valence-corrected chi connectivity index (χ1v) is 5.38. The zero-order valence-corrected chi connectivity index (χ0v) is 10.0. The van der Waals surface area contributed by atoms with Crippen LogP contribution in [-0.4, -0.2) is 29.1 Å². The van der Waals surface area contributed by atoms with E-state index in [1.807, 2.05) is 0 Å². The van der Waals surface area contributed by atoms with Crippen molar-refractivity contribution in [1.82, 2.24) is 9.97 Å². The van der Waals surface area contributed by atoms with Crippen LogP contribution in [0, 0.1) is 11.3 Å². The van der Waals surface area contributed by atoms with Gasteiger partial charge in [-0.1, -0.05) is 0 Å². The molecule has 2 N–H and O–H groups in total. The Morgan fingerprint density at radius 2 is 2.39 bits per heavy atom. The molecule has 1 unspecified atom stereocenters. The van der Waals surface area contributed by atoms with Crippen LogP contribution in [0.15, 0.2) is 18.2 Å². The van der Waals surface area contributed by atoms with Crippen molar-refractivity contribution in [2.24, 2.45) is 0 Å². The highest BCUT2D eigenvalue weighted by Crippen LogP contribution is 2.16. The lowest BCUT2D eigenvalue weighted by Crippen LogP contribution is -2.27. The molecule has 0 aliphatic rings. The fourth-order valence-electron chi connectivity index (χ4n) is 1.59. The van der Waals surface area contributed by atoms with Gasteiger partial charge in [0.1, 0.15) is 6.04 Å². The minimum atomic E-state index is -0.494. The van der Waals surface area contributed by atoms with Crippen molar-refractivity contribution in [3.63, 3.8) is 0 Å². The number of carbonyl (C=O) groups is 1. The van der Waals surface area contributed by atoms with E-state index in [9.17, 15) is 4.79 Å². The number of benzene rings is 1. The Bertz CT molecular complexity index is 627. The number of nitriles is 1. The van der Waals surface area contributed by atoms with Gasteiger partial charge >= 0.3 is 5.97 Å². The van der Waals surface area contributed by atoms with E-state index in [0.29, 0.717) is 11.5 Å². The molecule has 6 heteroatoms. The number of methoxy groups -OCH3 is 1. The average molecular weight is 244 g/mol. The number of ether oxygens (including phenoxy) is 1. The van der Waals surface area contributed by atoms with Crippen molar-refractivity contribution in [2.75, 3.05) is 12.4 Å². The van der Waals surface area contributed by atoms with Gasteiger partial charge in [-0.25, -0.2) is 9.78 Å². The number of fused-ring (bicyclic) bond motifs is 1. The minimum absolute atomic E-state index is 0.367. The fraction of sp³-hybridized carbons (Fsp3) is 0.250. The number of nitrogens with one attached hydrogen (secondary N) is 2. The third-order valence-corrected chi connectivity index (χ3v) is 2.52. The smallest absolute Gasteiger partial charge is 0.328 e. The summed E-state index contributed by atoms with van der Waals surface area (Å²) in [5, 5.41) is 11.7. The second-order valence-electron chi connectivity index (χ2n) is 3.82. The van der Waals surface area contributed by atoms with Gasteiger partial charge in [0.15, 0.2) is 0 Å². The maximum absolute atomic E-state index is 11.3. The Morgan fingerprint density at radius 3 is 3.06 bits per heavy atom. The van der Waals surface area contributed by atoms with Crippen LogP contribution in [0.4, 0.5) is 5.95 Å². The molecule has 2 rings (SSSR count). The number of hydrogen-bond donors (Lipinski definition) is 2. The van der Waals surface area contributed by atoms with E-state index in [1.54, 1.807) is 25.1 Å². The first-order valence-electron chi connectivity index (χ1n) is 5.38. The van der Waals surface area contributed by atoms with Crippen molar-refractivity contribution >= 4 is 23.0 Å². The molecule has 2 aromatic rings. The maximum Gasteiger partial charge on any atom is 0.328 e. The molecule has 0 spiro atoms. The monoisotopic (exact) mass is 244 g/mol.